The predicted molar refractivity (Wildman–Crippen MR) is 86.5 cm³/mol. The van der Waals surface area contributed by atoms with E-state index in [0.717, 1.165) is 11.3 Å². The molecule has 0 saturated carbocycles. The van der Waals surface area contributed by atoms with E-state index in [-0.39, 0.29) is 5.75 Å². The first-order valence-electron chi connectivity index (χ1n) is 6.62. The van der Waals surface area contributed by atoms with E-state index in [1.807, 2.05) is 13.0 Å². The fourth-order valence-corrected chi connectivity index (χ4v) is 1.71. The molecule has 0 aliphatic carbocycles. The lowest BCUT2D eigenvalue weighted by molar-refractivity contribution is 0.310. The molecule has 0 aliphatic rings. The van der Waals surface area contributed by atoms with Crippen molar-refractivity contribution in [3.63, 3.8) is 0 Å². The van der Waals surface area contributed by atoms with Gasteiger partial charge in [-0.3, -0.25) is 15.4 Å². The Morgan fingerprint density at radius 2 is 2.14 bits per heavy atom. The monoisotopic (exact) mass is 318 g/mol. The van der Waals surface area contributed by atoms with Crippen molar-refractivity contribution in [1.29, 1.82) is 0 Å². The van der Waals surface area contributed by atoms with Crippen LogP contribution in [0.2, 0.25) is 0 Å². The molecule has 5 nitrogen and oxygen atoms in total. The van der Waals surface area contributed by atoms with Crippen LogP contribution in [0.4, 0.5) is 4.39 Å². The van der Waals surface area contributed by atoms with Crippen molar-refractivity contribution in [2.75, 3.05) is 6.61 Å². The Kier molecular flexibility index (Phi) is 5.91. The summed E-state index contributed by atoms with van der Waals surface area (Å²) in [6, 6.07) is 4.90. The predicted octanol–water partition coefficient (Wildman–Crippen LogP) is 2.73. The standard InChI is InChI=1S/C15H15FN4OS/c1-11(5-8-21-14-10-18-7-4-13(14)16)19-20-15(22)12-3-2-6-17-9-12/h2-4,6-7,9-10H,5,8H2,1H3,(H,20,22)/b19-11+. The molecule has 2 rings (SSSR count). The molecule has 1 N–H and O–H groups in total. The summed E-state index contributed by atoms with van der Waals surface area (Å²) in [4.78, 5) is 8.28. The summed E-state index contributed by atoms with van der Waals surface area (Å²) in [6.07, 6.45) is 6.59. The minimum absolute atomic E-state index is 0.133. The fraction of sp³-hybridized carbons (Fsp3) is 0.200. The average Bonchev–Trinajstić information content (AvgIpc) is 2.55. The molecule has 0 unspecified atom stereocenters. The lowest BCUT2D eigenvalue weighted by atomic mass is 10.3. The highest BCUT2D eigenvalue weighted by Crippen LogP contribution is 2.13. The van der Waals surface area contributed by atoms with E-state index in [4.69, 9.17) is 17.0 Å². The summed E-state index contributed by atoms with van der Waals surface area (Å²) < 4.78 is 18.6. The highest BCUT2D eigenvalue weighted by molar-refractivity contribution is 7.80. The molecule has 2 aromatic rings. The van der Waals surface area contributed by atoms with Gasteiger partial charge >= 0.3 is 0 Å². The van der Waals surface area contributed by atoms with Crippen LogP contribution in [0, 0.1) is 5.82 Å². The molecule has 2 aromatic heterocycles. The second-order valence-electron chi connectivity index (χ2n) is 4.43. The number of rotatable bonds is 6. The van der Waals surface area contributed by atoms with E-state index < -0.39 is 5.82 Å². The molecular weight excluding hydrogens is 303 g/mol. The van der Waals surface area contributed by atoms with Crippen LogP contribution in [0.3, 0.4) is 0 Å². The minimum Gasteiger partial charge on any atom is -0.488 e. The quantitative estimate of drug-likeness (QED) is 0.504. The molecule has 22 heavy (non-hydrogen) atoms. The summed E-state index contributed by atoms with van der Waals surface area (Å²) >= 11 is 5.20. The Morgan fingerprint density at radius 3 is 2.86 bits per heavy atom. The van der Waals surface area contributed by atoms with Gasteiger partial charge in [0.05, 0.1) is 12.8 Å². The van der Waals surface area contributed by atoms with Crippen LogP contribution in [-0.4, -0.2) is 27.3 Å². The van der Waals surface area contributed by atoms with Gasteiger partial charge in [-0.25, -0.2) is 4.39 Å². The minimum atomic E-state index is -0.430. The first-order valence-corrected chi connectivity index (χ1v) is 7.03. The maximum absolute atomic E-state index is 13.3. The van der Waals surface area contributed by atoms with Crippen molar-refractivity contribution >= 4 is 22.9 Å². The molecule has 0 amide bonds. The molecule has 0 spiro atoms. The lowest BCUT2D eigenvalue weighted by Crippen LogP contribution is -2.18. The highest BCUT2D eigenvalue weighted by atomic mass is 32.1. The van der Waals surface area contributed by atoms with Crippen LogP contribution in [0.1, 0.15) is 18.9 Å². The Balaban J connectivity index is 1.79. The summed E-state index contributed by atoms with van der Waals surface area (Å²) in [5.41, 5.74) is 4.38. The smallest absolute Gasteiger partial charge is 0.173 e. The first-order chi connectivity index (χ1) is 10.7. The Labute approximate surface area is 133 Å². The summed E-state index contributed by atoms with van der Waals surface area (Å²) in [7, 11) is 0. The van der Waals surface area contributed by atoms with E-state index in [1.165, 1.54) is 18.5 Å². The zero-order valence-corrected chi connectivity index (χ0v) is 12.8. The van der Waals surface area contributed by atoms with Gasteiger partial charge in [0.1, 0.15) is 4.99 Å². The molecule has 2 heterocycles. The van der Waals surface area contributed by atoms with E-state index in [1.54, 1.807) is 18.5 Å². The zero-order chi connectivity index (χ0) is 15.8. The number of hydrogen-bond donors (Lipinski definition) is 1. The van der Waals surface area contributed by atoms with Crippen LogP contribution in [-0.2, 0) is 0 Å². The topological polar surface area (TPSA) is 59.4 Å². The normalized spacial score (nSPS) is 11.1. The number of pyridine rings is 2. The van der Waals surface area contributed by atoms with Gasteiger partial charge in [0, 0.05) is 36.3 Å². The number of nitrogens with zero attached hydrogens (tertiary/aromatic N) is 3. The number of aromatic nitrogens is 2. The SMILES string of the molecule is C/C(CCOc1cnccc1F)=N\NC(=S)c1cccnc1. The number of ether oxygens (including phenoxy) is 1. The lowest BCUT2D eigenvalue weighted by Gasteiger charge is -2.07. The van der Waals surface area contributed by atoms with Crippen molar-refractivity contribution in [1.82, 2.24) is 15.4 Å². The molecule has 0 aliphatic heterocycles. The zero-order valence-electron chi connectivity index (χ0n) is 12.0. The van der Waals surface area contributed by atoms with Gasteiger partial charge in [0.25, 0.3) is 0 Å². The van der Waals surface area contributed by atoms with Crippen LogP contribution in [0.15, 0.2) is 48.1 Å². The Morgan fingerprint density at radius 1 is 1.32 bits per heavy atom. The van der Waals surface area contributed by atoms with Crippen LogP contribution in [0.5, 0.6) is 5.75 Å². The number of halogens is 1. The van der Waals surface area contributed by atoms with Gasteiger partial charge in [0.2, 0.25) is 0 Å². The van der Waals surface area contributed by atoms with E-state index in [2.05, 4.69) is 20.5 Å². The molecule has 0 atom stereocenters. The number of thiocarbonyl (C=S) groups is 1. The van der Waals surface area contributed by atoms with Gasteiger partial charge < -0.3 is 4.74 Å². The maximum Gasteiger partial charge on any atom is 0.173 e. The van der Waals surface area contributed by atoms with E-state index >= 15 is 0 Å². The van der Waals surface area contributed by atoms with Gasteiger partial charge in [-0.1, -0.05) is 12.2 Å². The average molecular weight is 318 g/mol. The molecule has 0 bridgehead atoms. The largest absolute Gasteiger partial charge is 0.488 e. The van der Waals surface area contributed by atoms with Crippen LogP contribution < -0.4 is 10.2 Å². The van der Waals surface area contributed by atoms with E-state index in [9.17, 15) is 4.39 Å². The Bertz CT molecular complexity index is 664. The van der Waals surface area contributed by atoms with Gasteiger partial charge in [-0.05, 0) is 25.1 Å². The molecule has 0 fully saturated rings. The number of nitrogens with one attached hydrogen (secondary N) is 1. The van der Waals surface area contributed by atoms with Crippen LogP contribution in [0.25, 0.3) is 0 Å². The second kappa shape index (κ2) is 8.14. The van der Waals surface area contributed by atoms with Gasteiger partial charge in [-0.15, -0.1) is 0 Å². The number of hydrazone groups is 1. The number of hydrogen-bond acceptors (Lipinski definition) is 5. The van der Waals surface area contributed by atoms with Crippen molar-refractivity contribution in [2.45, 2.75) is 13.3 Å². The molecular formula is C15H15FN4OS. The van der Waals surface area contributed by atoms with Crippen molar-refractivity contribution in [3.05, 3.63) is 54.4 Å². The first kappa shape index (κ1) is 16.0. The summed E-state index contributed by atoms with van der Waals surface area (Å²) in [5.74, 6) is -0.297. The third-order valence-electron chi connectivity index (χ3n) is 2.73. The van der Waals surface area contributed by atoms with Crippen molar-refractivity contribution in [2.24, 2.45) is 5.10 Å². The maximum atomic E-state index is 13.3. The molecule has 0 radical (unpaired) electrons. The third-order valence-corrected chi connectivity index (χ3v) is 3.05. The van der Waals surface area contributed by atoms with Gasteiger partial charge in [0.15, 0.2) is 11.6 Å². The van der Waals surface area contributed by atoms with Crippen LogP contribution >= 0.6 is 12.2 Å². The molecule has 0 aromatic carbocycles. The van der Waals surface area contributed by atoms with Gasteiger partial charge in [-0.2, -0.15) is 5.10 Å². The van der Waals surface area contributed by atoms with E-state index in [0.29, 0.717) is 18.0 Å². The highest BCUT2D eigenvalue weighted by Gasteiger charge is 2.03. The fourth-order valence-electron chi connectivity index (χ4n) is 1.54. The molecule has 114 valence electrons. The molecule has 7 heteroatoms. The summed E-state index contributed by atoms with van der Waals surface area (Å²) in [6.45, 7) is 2.14. The third kappa shape index (κ3) is 4.85. The Hall–Kier alpha value is -2.41. The second-order valence-corrected chi connectivity index (χ2v) is 4.84. The van der Waals surface area contributed by atoms with Crippen molar-refractivity contribution in [3.8, 4) is 5.75 Å². The summed E-state index contributed by atoms with van der Waals surface area (Å²) in [5, 5.41) is 4.16. The molecule has 0 saturated heterocycles. The van der Waals surface area contributed by atoms with Crippen molar-refractivity contribution < 1.29 is 9.13 Å².